The first-order chi connectivity index (χ1) is 13.9. The standard InChI is InChI=1S/C20H17F3N4O2/c1-2-29-19(28)15-11-26-27(18(15)20(21,22)23)16-10-13(7-8-24-16)14-5-3-4-12-6-9-25-17(12)14/h3-5,7-8,10-11,25H,2,6,9H2,1H3. The van der Waals surface area contributed by atoms with E-state index in [2.05, 4.69) is 15.4 Å². The molecule has 1 aliphatic rings. The molecular formula is C20H17F3N4O2. The lowest BCUT2D eigenvalue weighted by atomic mass is 10.0. The summed E-state index contributed by atoms with van der Waals surface area (Å²) in [5, 5.41) is 7.09. The Kier molecular flexibility index (Phi) is 4.73. The summed E-state index contributed by atoms with van der Waals surface area (Å²) in [7, 11) is 0. The zero-order valence-electron chi connectivity index (χ0n) is 15.5. The van der Waals surface area contributed by atoms with E-state index in [0.717, 1.165) is 36.0 Å². The monoisotopic (exact) mass is 402 g/mol. The third-order valence-electron chi connectivity index (χ3n) is 4.65. The van der Waals surface area contributed by atoms with Crippen molar-refractivity contribution in [2.45, 2.75) is 19.5 Å². The predicted octanol–water partition coefficient (Wildman–Crippen LogP) is 4.10. The molecule has 1 aliphatic heterocycles. The third kappa shape index (κ3) is 3.43. The molecule has 3 aromatic rings. The Morgan fingerprint density at radius 3 is 2.90 bits per heavy atom. The van der Waals surface area contributed by atoms with Crippen molar-refractivity contribution < 1.29 is 22.7 Å². The molecule has 0 atom stereocenters. The Morgan fingerprint density at radius 1 is 1.31 bits per heavy atom. The summed E-state index contributed by atoms with van der Waals surface area (Å²) in [6.45, 7) is 2.29. The van der Waals surface area contributed by atoms with Gasteiger partial charge in [0.15, 0.2) is 11.5 Å². The molecule has 0 aliphatic carbocycles. The van der Waals surface area contributed by atoms with Gasteiger partial charge in [-0.15, -0.1) is 0 Å². The van der Waals surface area contributed by atoms with E-state index >= 15 is 0 Å². The fourth-order valence-electron chi connectivity index (χ4n) is 3.43. The number of para-hydroxylation sites is 1. The number of esters is 1. The molecule has 1 N–H and O–H groups in total. The van der Waals surface area contributed by atoms with Crippen molar-refractivity contribution >= 4 is 11.7 Å². The van der Waals surface area contributed by atoms with E-state index in [9.17, 15) is 18.0 Å². The Labute approximate surface area is 164 Å². The third-order valence-corrected chi connectivity index (χ3v) is 4.65. The minimum Gasteiger partial charge on any atom is -0.462 e. The number of pyridine rings is 1. The van der Waals surface area contributed by atoms with Crippen LogP contribution in [0.2, 0.25) is 0 Å². The first-order valence-corrected chi connectivity index (χ1v) is 9.05. The minimum atomic E-state index is -4.81. The molecule has 0 bridgehead atoms. The van der Waals surface area contributed by atoms with Crippen molar-refractivity contribution in [1.29, 1.82) is 0 Å². The van der Waals surface area contributed by atoms with Crippen LogP contribution in [0, 0.1) is 0 Å². The molecule has 0 spiro atoms. The molecule has 6 nitrogen and oxygen atoms in total. The van der Waals surface area contributed by atoms with Crippen LogP contribution in [0.4, 0.5) is 18.9 Å². The van der Waals surface area contributed by atoms with Gasteiger partial charge in [0.1, 0.15) is 5.56 Å². The van der Waals surface area contributed by atoms with Crippen LogP contribution in [-0.4, -0.2) is 33.9 Å². The van der Waals surface area contributed by atoms with E-state index in [0.29, 0.717) is 10.2 Å². The number of benzene rings is 1. The highest BCUT2D eigenvalue weighted by atomic mass is 19.4. The molecule has 4 rings (SSSR count). The normalized spacial score (nSPS) is 13.1. The van der Waals surface area contributed by atoms with Gasteiger partial charge in [-0.2, -0.15) is 18.3 Å². The van der Waals surface area contributed by atoms with Gasteiger partial charge in [-0.1, -0.05) is 18.2 Å². The fraction of sp³-hybridized carbons (Fsp3) is 0.250. The second kappa shape index (κ2) is 7.23. The second-order valence-electron chi connectivity index (χ2n) is 6.46. The van der Waals surface area contributed by atoms with Gasteiger partial charge < -0.3 is 10.1 Å². The van der Waals surface area contributed by atoms with Crippen molar-refractivity contribution in [3.05, 3.63) is 59.5 Å². The molecule has 0 saturated carbocycles. The van der Waals surface area contributed by atoms with Crippen LogP contribution in [0.1, 0.15) is 28.5 Å². The zero-order valence-corrected chi connectivity index (χ0v) is 15.5. The Hall–Kier alpha value is -3.36. The van der Waals surface area contributed by atoms with Crippen LogP contribution in [0.5, 0.6) is 0 Å². The maximum atomic E-state index is 13.7. The van der Waals surface area contributed by atoms with Crippen LogP contribution in [0.15, 0.2) is 42.7 Å². The molecule has 150 valence electrons. The van der Waals surface area contributed by atoms with Crippen LogP contribution in [-0.2, 0) is 17.3 Å². The summed E-state index contributed by atoms with van der Waals surface area (Å²) in [5.41, 5.74) is 1.83. The average Bonchev–Trinajstić information content (AvgIpc) is 3.35. The average molecular weight is 402 g/mol. The quantitative estimate of drug-likeness (QED) is 0.666. The molecule has 0 unspecified atom stereocenters. The summed E-state index contributed by atoms with van der Waals surface area (Å²) in [4.78, 5) is 16.0. The number of fused-ring (bicyclic) bond motifs is 1. The van der Waals surface area contributed by atoms with Crippen molar-refractivity contribution in [3.63, 3.8) is 0 Å². The van der Waals surface area contributed by atoms with E-state index in [4.69, 9.17) is 4.74 Å². The molecule has 3 heterocycles. The lowest BCUT2D eigenvalue weighted by Crippen LogP contribution is -2.19. The van der Waals surface area contributed by atoms with Crippen LogP contribution in [0.3, 0.4) is 0 Å². The molecule has 29 heavy (non-hydrogen) atoms. The van der Waals surface area contributed by atoms with E-state index in [-0.39, 0.29) is 12.4 Å². The molecule has 0 fully saturated rings. The minimum absolute atomic E-state index is 0.0405. The molecule has 1 aromatic carbocycles. The number of carbonyl (C=O) groups is 1. The van der Waals surface area contributed by atoms with Gasteiger partial charge in [0.05, 0.1) is 12.8 Å². The van der Waals surface area contributed by atoms with Gasteiger partial charge in [-0.3, -0.25) is 0 Å². The molecule has 9 heteroatoms. The number of ether oxygens (including phenoxy) is 1. The van der Waals surface area contributed by atoms with Gasteiger partial charge in [-0.25, -0.2) is 14.5 Å². The van der Waals surface area contributed by atoms with E-state index in [1.165, 1.54) is 19.2 Å². The highest BCUT2D eigenvalue weighted by Gasteiger charge is 2.41. The van der Waals surface area contributed by atoms with Gasteiger partial charge in [0.2, 0.25) is 0 Å². The molecule has 0 radical (unpaired) electrons. The zero-order chi connectivity index (χ0) is 20.6. The maximum Gasteiger partial charge on any atom is 0.434 e. The Balaban J connectivity index is 1.82. The predicted molar refractivity (Wildman–Crippen MR) is 99.9 cm³/mol. The summed E-state index contributed by atoms with van der Waals surface area (Å²) in [6.07, 6.45) is -1.64. The Bertz CT molecular complexity index is 1080. The summed E-state index contributed by atoms with van der Waals surface area (Å²) in [6, 6.07) is 9.07. The van der Waals surface area contributed by atoms with E-state index in [1.54, 1.807) is 6.07 Å². The maximum absolute atomic E-state index is 13.7. The largest absolute Gasteiger partial charge is 0.462 e. The summed E-state index contributed by atoms with van der Waals surface area (Å²) >= 11 is 0. The lowest BCUT2D eigenvalue weighted by molar-refractivity contribution is -0.143. The number of aromatic nitrogens is 3. The molecular weight excluding hydrogens is 385 g/mol. The topological polar surface area (TPSA) is 69.0 Å². The number of nitrogens with one attached hydrogen (secondary N) is 1. The fourth-order valence-corrected chi connectivity index (χ4v) is 3.43. The van der Waals surface area contributed by atoms with Crippen molar-refractivity contribution in [3.8, 4) is 16.9 Å². The number of nitrogens with zero attached hydrogens (tertiary/aromatic N) is 3. The highest BCUT2D eigenvalue weighted by Crippen LogP contribution is 2.36. The number of alkyl halides is 3. The van der Waals surface area contributed by atoms with Crippen molar-refractivity contribution in [1.82, 2.24) is 14.8 Å². The number of hydrogen-bond acceptors (Lipinski definition) is 5. The first kappa shape index (κ1) is 19.0. The van der Waals surface area contributed by atoms with Gasteiger partial charge in [-0.05, 0) is 36.6 Å². The first-order valence-electron chi connectivity index (χ1n) is 9.05. The molecule has 0 saturated heterocycles. The number of carbonyl (C=O) groups excluding carboxylic acids is 1. The van der Waals surface area contributed by atoms with E-state index in [1.807, 2.05) is 18.2 Å². The van der Waals surface area contributed by atoms with Crippen LogP contribution >= 0.6 is 0 Å². The van der Waals surface area contributed by atoms with Crippen LogP contribution in [0.25, 0.3) is 16.9 Å². The Morgan fingerprint density at radius 2 is 2.14 bits per heavy atom. The molecule has 0 amide bonds. The van der Waals surface area contributed by atoms with E-state index < -0.39 is 23.4 Å². The number of anilines is 1. The number of hydrogen-bond donors (Lipinski definition) is 1. The number of halogens is 3. The van der Waals surface area contributed by atoms with Crippen LogP contribution < -0.4 is 5.32 Å². The lowest BCUT2D eigenvalue weighted by Gasteiger charge is -2.13. The number of rotatable bonds is 4. The second-order valence-corrected chi connectivity index (χ2v) is 6.46. The SMILES string of the molecule is CCOC(=O)c1cnn(-c2cc(-c3cccc4c3NCC4)ccn2)c1C(F)(F)F. The molecule has 2 aromatic heterocycles. The summed E-state index contributed by atoms with van der Waals surface area (Å²) in [5.74, 6) is -1.12. The van der Waals surface area contributed by atoms with Crippen molar-refractivity contribution in [2.24, 2.45) is 0 Å². The summed E-state index contributed by atoms with van der Waals surface area (Å²) < 4.78 is 46.5. The van der Waals surface area contributed by atoms with Crippen molar-refractivity contribution in [2.75, 3.05) is 18.5 Å². The van der Waals surface area contributed by atoms with Gasteiger partial charge in [0.25, 0.3) is 0 Å². The van der Waals surface area contributed by atoms with Gasteiger partial charge >= 0.3 is 12.1 Å². The smallest absolute Gasteiger partial charge is 0.434 e. The highest BCUT2D eigenvalue weighted by molar-refractivity contribution is 5.91. The van der Waals surface area contributed by atoms with Gasteiger partial charge in [0, 0.05) is 24.0 Å².